The number of ether oxygens (including phenoxy) is 1. The van der Waals surface area contributed by atoms with Gasteiger partial charge in [-0.25, -0.2) is 0 Å². The zero-order valence-electron chi connectivity index (χ0n) is 20.3. The van der Waals surface area contributed by atoms with Gasteiger partial charge in [-0.2, -0.15) is 0 Å². The number of nitrogens with one attached hydrogen (secondary N) is 1. The van der Waals surface area contributed by atoms with E-state index < -0.39 is 0 Å². The molecule has 3 aromatic rings. The van der Waals surface area contributed by atoms with Crippen LogP contribution in [0.1, 0.15) is 35.1 Å². The molecule has 3 aliphatic rings. The lowest BCUT2D eigenvalue weighted by Gasteiger charge is -2.25. The van der Waals surface area contributed by atoms with E-state index in [1.165, 1.54) is 28.0 Å². The van der Waals surface area contributed by atoms with Gasteiger partial charge in [-0.05, 0) is 95.1 Å². The van der Waals surface area contributed by atoms with Crippen molar-refractivity contribution in [2.24, 2.45) is 0 Å². The number of nitrogens with zero attached hydrogens (tertiary/aromatic N) is 1. The number of likely N-dealkylation sites (tertiary alicyclic amines) is 1. The Kier molecular flexibility index (Phi) is 6.63. The van der Waals surface area contributed by atoms with Gasteiger partial charge >= 0.3 is 0 Å². The smallest absolute Gasteiger partial charge is 0.119 e. The van der Waals surface area contributed by atoms with Crippen molar-refractivity contribution in [3.63, 3.8) is 0 Å². The summed E-state index contributed by atoms with van der Waals surface area (Å²) in [6, 6.07) is 20.9. The number of alkyl halides is 1. The van der Waals surface area contributed by atoms with Gasteiger partial charge in [0.05, 0.1) is 6.67 Å². The summed E-state index contributed by atoms with van der Waals surface area (Å²) in [5.74, 6) is 2.03. The summed E-state index contributed by atoms with van der Waals surface area (Å²) in [5.41, 5.74) is 8.73. The molecule has 36 heavy (non-hydrogen) atoms. The second-order valence-electron chi connectivity index (χ2n) is 9.77. The Balaban J connectivity index is 1.31. The molecule has 3 aliphatic heterocycles. The summed E-state index contributed by atoms with van der Waals surface area (Å²) in [6.45, 7) is 3.37. The lowest BCUT2D eigenvalue weighted by Crippen LogP contribution is -2.26. The van der Waals surface area contributed by atoms with Crippen LogP contribution in [0.2, 0.25) is 0 Å². The van der Waals surface area contributed by atoms with E-state index in [9.17, 15) is 9.50 Å². The number of phenols is 1. The first-order valence-electron chi connectivity index (χ1n) is 12.8. The standard InChI is InChI=1S/C30H31FN2O2S/c31-12-1-14-33-15-11-25(18-33)35-24-6-2-20(3-7-24)30-26-8-5-23(34)17-29(26)36-19-27(30)21-4-9-28-22(16-21)10-13-32-28/h2-9,16-17,25,32,34H,1,10-15,18-19H2/t25-/m0/s1. The highest BCUT2D eigenvalue weighted by atomic mass is 32.2. The van der Waals surface area contributed by atoms with E-state index in [4.69, 9.17) is 4.74 Å². The van der Waals surface area contributed by atoms with Crippen LogP contribution in [0.5, 0.6) is 11.5 Å². The van der Waals surface area contributed by atoms with Crippen LogP contribution in [0.3, 0.4) is 0 Å². The SMILES string of the molecule is Oc1ccc2c(c1)SCC(c1ccc3c(c1)CCN3)=C2c1ccc(O[C@H]2CCN(CCCF)C2)cc1. The highest BCUT2D eigenvalue weighted by molar-refractivity contribution is 7.99. The molecule has 3 aromatic carbocycles. The van der Waals surface area contributed by atoms with Gasteiger partial charge in [0, 0.05) is 42.5 Å². The zero-order chi connectivity index (χ0) is 24.5. The first-order valence-corrected chi connectivity index (χ1v) is 13.8. The van der Waals surface area contributed by atoms with Gasteiger partial charge < -0.3 is 15.2 Å². The Morgan fingerprint density at radius 2 is 1.92 bits per heavy atom. The molecule has 0 aliphatic carbocycles. The number of halogens is 1. The van der Waals surface area contributed by atoms with Crippen molar-refractivity contribution >= 4 is 28.6 Å². The Morgan fingerprint density at radius 3 is 2.78 bits per heavy atom. The van der Waals surface area contributed by atoms with E-state index in [1.54, 1.807) is 17.8 Å². The molecule has 4 nitrogen and oxygen atoms in total. The first kappa shape index (κ1) is 23.4. The maximum Gasteiger partial charge on any atom is 0.119 e. The molecule has 1 atom stereocenters. The fourth-order valence-corrected chi connectivity index (χ4v) is 6.68. The molecular weight excluding hydrogens is 471 g/mol. The third-order valence-corrected chi connectivity index (χ3v) is 8.44. The summed E-state index contributed by atoms with van der Waals surface area (Å²) >= 11 is 1.78. The Bertz CT molecular complexity index is 1290. The highest BCUT2D eigenvalue weighted by Gasteiger charge is 2.25. The topological polar surface area (TPSA) is 44.7 Å². The third kappa shape index (κ3) is 4.72. The second-order valence-corrected chi connectivity index (χ2v) is 10.8. The first-order chi connectivity index (χ1) is 17.7. The molecule has 6 heteroatoms. The number of hydrogen-bond acceptors (Lipinski definition) is 5. The van der Waals surface area contributed by atoms with Gasteiger partial charge in [-0.3, -0.25) is 9.29 Å². The summed E-state index contributed by atoms with van der Waals surface area (Å²) in [5, 5.41) is 13.6. The predicted molar refractivity (Wildman–Crippen MR) is 146 cm³/mol. The molecule has 0 spiro atoms. The molecule has 1 saturated heterocycles. The van der Waals surface area contributed by atoms with E-state index in [1.807, 2.05) is 12.1 Å². The number of phenolic OH excluding ortho intramolecular Hbond substituents is 1. The van der Waals surface area contributed by atoms with E-state index in [0.29, 0.717) is 12.2 Å². The number of anilines is 1. The number of thioether (sulfide) groups is 1. The minimum Gasteiger partial charge on any atom is -0.508 e. The van der Waals surface area contributed by atoms with Gasteiger partial charge in [0.15, 0.2) is 0 Å². The van der Waals surface area contributed by atoms with Crippen molar-refractivity contribution in [2.75, 3.05) is 43.9 Å². The van der Waals surface area contributed by atoms with Crippen LogP contribution in [-0.2, 0) is 6.42 Å². The molecule has 1 fully saturated rings. The summed E-state index contributed by atoms with van der Waals surface area (Å²) in [7, 11) is 0. The maximum absolute atomic E-state index is 12.5. The molecule has 0 aromatic heterocycles. The molecule has 186 valence electrons. The van der Waals surface area contributed by atoms with Crippen molar-refractivity contribution in [3.8, 4) is 11.5 Å². The van der Waals surface area contributed by atoms with Crippen molar-refractivity contribution < 1.29 is 14.2 Å². The van der Waals surface area contributed by atoms with E-state index in [2.05, 4.69) is 52.7 Å². The van der Waals surface area contributed by atoms with Crippen molar-refractivity contribution in [3.05, 3.63) is 82.9 Å². The molecule has 0 bridgehead atoms. The second kappa shape index (κ2) is 10.2. The summed E-state index contributed by atoms with van der Waals surface area (Å²) in [6.07, 6.45) is 2.78. The predicted octanol–water partition coefficient (Wildman–Crippen LogP) is 6.24. The van der Waals surface area contributed by atoms with Gasteiger partial charge in [0.1, 0.15) is 17.6 Å². The van der Waals surface area contributed by atoms with Gasteiger partial charge in [-0.15, -0.1) is 11.8 Å². The highest BCUT2D eigenvalue weighted by Crippen LogP contribution is 2.46. The number of aromatic hydroxyl groups is 1. The fourth-order valence-electron chi connectivity index (χ4n) is 5.54. The lowest BCUT2D eigenvalue weighted by atomic mass is 9.89. The number of rotatable bonds is 7. The largest absolute Gasteiger partial charge is 0.508 e. The summed E-state index contributed by atoms with van der Waals surface area (Å²) in [4.78, 5) is 3.39. The molecule has 0 saturated carbocycles. The fraction of sp³-hybridized carbons (Fsp3) is 0.333. The minimum atomic E-state index is -0.259. The number of fused-ring (bicyclic) bond motifs is 2. The molecular formula is C30H31FN2O2S. The van der Waals surface area contributed by atoms with Crippen LogP contribution in [0.25, 0.3) is 11.1 Å². The maximum atomic E-state index is 12.5. The van der Waals surface area contributed by atoms with Gasteiger partial charge in [0.2, 0.25) is 0 Å². The van der Waals surface area contributed by atoms with E-state index in [0.717, 1.165) is 66.5 Å². The van der Waals surface area contributed by atoms with Crippen molar-refractivity contribution in [1.29, 1.82) is 0 Å². The van der Waals surface area contributed by atoms with Crippen LogP contribution in [0, 0.1) is 0 Å². The van der Waals surface area contributed by atoms with Crippen LogP contribution in [0.15, 0.2) is 65.6 Å². The van der Waals surface area contributed by atoms with Gasteiger partial charge in [-0.1, -0.05) is 18.2 Å². The van der Waals surface area contributed by atoms with Gasteiger partial charge in [0.25, 0.3) is 0 Å². The van der Waals surface area contributed by atoms with Crippen LogP contribution < -0.4 is 10.1 Å². The molecule has 6 rings (SSSR count). The van der Waals surface area contributed by atoms with Crippen LogP contribution in [-0.4, -0.2) is 54.7 Å². The quantitative estimate of drug-likeness (QED) is 0.401. The summed E-state index contributed by atoms with van der Waals surface area (Å²) < 4.78 is 18.8. The average Bonchev–Trinajstić information content (AvgIpc) is 3.56. The number of hydrogen-bond donors (Lipinski definition) is 2. The monoisotopic (exact) mass is 502 g/mol. The molecule has 2 N–H and O–H groups in total. The lowest BCUT2D eigenvalue weighted by molar-refractivity contribution is 0.198. The molecule has 0 radical (unpaired) electrons. The molecule has 0 unspecified atom stereocenters. The van der Waals surface area contributed by atoms with Crippen LogP contribution >= 0.6 is 11.8 Å². The third-order valence-electron chi connectivity index (χ3n) is 7.35. The molecule has 3 heterocycles. The minimum absolute atomic E-state index is 0.153. The van der Waals surface area contributed by atoms with E-state index in [-0.39, 0.29) is 12.8 Å². The zero-order valence-corrected chi connectivity index (χ0v) is 21.1. The Labute approximate surface area is 216 Å². The van der Waals surface area contributed by atoms with Crippen molar-refractivity contribution in [2.45, 2.75) is 30.3 Å². The number of benzene rings is 3. The Hall–Kier alpha value is -2.96. The Morgan fingerprint density at radius 1 is 1.06 bits per heavy atom. The van der Waals surface area contributed by atoms with Crippen molar-refractivity contribution in [1.82, 2.24) is 4.90 Å². The average molecular weight is 503 g/mol. The normalized spacial score (nSPS) is 19.2. The van der Waals surface area contributed by atoms with E-state index >= 15 is 0 Å². The van der Waals surface area contributed by atoms with Crippen LogP contribution in [0.4, 0.5) is 10.1 Å². The molecule has 0 amide bonds.